The maximum atomic E-state index is 4.84. The zero-order valence-corrected chi connectivity index (χ0v) is 12.3. The molecule has 102 valence electrons. The second-order valence-electron chi connectivity index (χ2n) is 5.85. The highest BCUT2D eigenvalue weighted by molar-refractivity contribution is 8.14. The summed E-state index contributed by atoms with van der Waals surface area (Å²) in [5.74, 6) is 2.00. The number of benzene rings is 1. The van der Waals surface area contributed by atoms with Gasteiger partial charge in [0.05, 0.1) is 6.04 Å². The molecule has 0 amide bonds. The molecule has 19 heavy (non-hydrogen) atoms. The van der Waals surface area contributed by atoms with Crippen molar-refractivity contribution in [2.45, 2.75) is 44.7 Å². The van der Waals surface area contributed by atoms with Gasteiger partial charge in [-0.15, -0.1) is 0 Å². The van der Waals surface area contributed by atoms with Crippen LogP contribution in [0.1, 0.15) is 31.7 Å². The molecule has 3 atom stereocenters. The summed E-state index contributed by atoms with van der Waals surface area (Å²) in [7, 11) is 0. The molecular formula is C16H22N2S. The lowest BCUT2D eigenvalue weighted by molar-refractivity contribution is 0.572. The summed E-state index contributed by atoms with van der Waals surface area (Å²) >= 11 is 1.90. The number of nitrogens with zero attached hydrogens (tertiary/aromatic N) is 1. The average molecular weight is 274 g/mol. The normalized spacial score (nSPS) is 30.4. The van der Waals surface area contributed by atoms with E-state index in [1.54, 1.807) is 0 Å². The summed E-state index contributed by atoms with van der Waals surface area (Å²) < 4.78 is 0. The van der Waals surface area contributed by atoms with Gasteiger partial charge < -0.3 is 5.32 Å². The first kappa shape index (κ1) is 13.0. The van der Waals surface area contributed by atoms with Gasteiger partial charge in [0.25, 0.3) is 0 Å². The number of aliphatic imine (C=N–C) groups is 1. The molecule has 3 heteroatoms. The predicted molar refractivity (Wildman–Crippen MR) is 83.8 cm³/mol. The molecule has 1 aliphatic heterocycles. The van der Waals surface area contributed by atoms with E-state index >= 15 is 0 Å². The molecule has 0 saturated heterocycles. The minimum atomic E-state index is 0.453. The highest BCUT2D eigenvalue weighted by atomic mass is 32.2. The van der Waals surface area contributed by atoms with Gasteiger partial charge in [0.2, 0.25) is 0 Å². The molecule has 1 aromatic carbocycles. The van der Waals surface area contributed by atoms with Crippen molar-refractivity contribution in [3.05, 3.63) is 35.9 Å². The SMILES string of the molecule is CC1CCC(NC2=NC(Cc3ccccc3)CS2)C1. The Morgan fingerprint density at radius 1 is 1.26 bits per heavy atom. The average Bonchev–Trinajstić information content (AvgIpc) is 3.01. The third-order valence-corrected chi connectivity index (χ3v) is 5.10. The van der Waals surface area contributed by atoms with Crippen LogP contribution < -0.4 is 5.32 Å². The molecule has 1 aliphatic carbocycles. The Morgan fingerprint density at radius 3 is 2.84 bits per heavy atom. The first-order valence-electron chi connectivity index (χ1n) is 7.30. The third kappa shape index (κ3) is 3.53. The van der Waals surface area contributed by atoms with Crippen molar-refractivity contribution in [1.82, 2.24) is 5.32 Å². The second kappa shape index (κ2) is 6.00. The molecule has 0 radical (unpaired) electrons. The van der Waals surface area contributed by atoms with Crippen molar-refractivity contribution in [2.75, 3.05) is 5.75 Å². The lowest BCUT2D eigenvalue weighted by Crippen LogP contribution is -2.30. The molecule has 3 rings (SSSR count). The summed E-state index contributed by atoms with van der Waals surface area (Å²) in [5, 5.41) is 4.82. The molecule has 1 N–H and O–H groups in total. The van der Waals surface area contributed by atoms with Crippen molar-refractivity contribution in [2.24, 2.45) is 10.9 Å². The zero-order chi connectivity index (χ0) is 13.1. The quantitative estimate of drug-likeness (QED) is 0.912. The van der Waals surface area contributed by atoms with Gasteiger partial charge in [-0.2, -0.15) is 0 Å². The number of nitrogens with one attached hydrogen (secondary N) is 1. The zero-order valence-electron chi connectivity index (χ0n) is 11.5. The van der Waals surface area contributed by atoms with E-state index in [4.69, 9.17) is 4.99 Å². The summed E-state index contributed by atoms with van der Waals surface area (Å²) in [5.41, 5.74) is 1.40. The summed E-state index contributed by atoms with van der Waals surface area (Å²) in [6.07, 6.45) is 5.05. The molecular weight excluding hydrogens is 252 g/mol. The van der Waals surface area contributed by atoms with Crippen LogP contribution in [0, 0.1) is 5.92 Å². The Hall–Kier alpha value is -0.960. The fourth-order valence-corrected chi connectivity index (χ4v) is 4.01. The van der Waals surface area contributed by atoms with E-state index in [1.807, 2.05) is 11.8 Å². The van der Waals surface area contributed by atoms with Gasteiger partial charge in [-0.25, -0.2) is 0 Å². The molecule has 2 nitrogen and oxygen atoms in total. The smallest absolute Gasteiger partial charge is 0.157 e. The maximum Gasteiger partial charge on any atom is 0.157 e. The Bertz CT molecular complexity index is 443. The van der Waals surface area contributed by atoms with E-state index in [2.05, 4.69) is 42.6 Å². The maximum absolute atomic E-state index is 4.84. The molecule has 3 unspecified atom stereocenters. The Morgan fingerprint density at radius 2 is 2.11 bits per heavy atom. The van der Waals surface area contributed by atoms with E-state index in [-0.39, 0.29) is 0 Å². The molecule has 2 aliphatic rings. The molecule has 0 aromatic heterocycles. The number of hydrogen-bond acceptors (Lipinski definition) is 3. The largest absolute Gasteiger partial charge is 0.362 e. The first-order valence-corrected chi connectivity index (χ1v) is 8.29. The van der Waals surface area contributed by atoms with E-state index in [0.29, 0.717) is 12.1 Å². The van der Waals surface area contributed by atoms with Gasteiger partial charge in [0, 0.05) is 11.8 Å². The summed E-state index contributed by atoms with van der Waals surface area (Å²) in [4.78, 5) is 4.84. The molecule has 1 aromatic rings. The van der Waals surface area contributed by atoms with Crippen LogP contribution in [-0.4, -0.2) is 23.0 Å². The van der Waals surface area contributed by atoms with Gasteiger partial charge in [-0.3, -0.25) is 4.99 Å². The lowest BCUT2D eigenvalue weighted by atomic mass is 10.1. The Labute approximate surface area is 120 Å². The monoisotopic (exact) mass is 274 g/mol. The van der Waals surface area contributed by atoms with Crippen LogP contribution in [0.5, 0.6) is 0 Å². The van der Waals surface area contributed by atoms with Crippen LogP contribution in [0.15, 0.2) is 35.3 Å². The van der Waals surface area contributed by atoms with Crippen molar-refractivity contribution >= 4 is 16.9 Å². The fraction of sp³-hybridized carbons (Fsp3) is 0.562. The van der Waals surface area contributed by atoms with Crippen molar-refractivity contribution in [1.29, 1.82) is 0 Å². The van der Waals surface area contributed by atoms with Crippen LogP contribution >= 0.6 is 11.8 Å². The van der Waals surface area contributed by atoms with Crippen LogP contribution in [-0.2, 0) is 6.42 Å². The van der Waals surface area contributed by atoms with Crippen LogP contribution in [0.4, 0.5) is 0 Å². The second-order valence-corrected chi connectivity index (χ2v) is 6.86. The Kier molecular flexibility index (Phi) is 4.12. The van der Waals surface area contributed by atoms with Gasteiger partial charge in [-0.05, 0) is 37.2 Å². The Balaban J connectivity index is 1.53. The van der Waals surface area contributed by atoms with Crippen LogP contribution in [0.2, 0.25) is 0 Å². The topological polar surface area (TPSA) is 24.4 Å². The van der Waals surface area contributed by atoms with Crippen molar-refractivity contribution < 1.29 is 0 Å². The van der Waals surface area contributed by atoms with Crippen molar-refractivity contribution in [3.63, 3.8) is 0 Å². The molecule has 0 spiro atoms. The number of amidine groups is 1. The molecule has 1 heterocycles. The third-order valence-electron chi connectivity index (χ3n) is 4.05. The standard InChI is InChI=1S/C16H22N2S/c1-12-7-8-14(9-12)17-16-18-15(11-19-16)10-13-5-3-2-4-6-13/h2-6,12,14-15H,7-11H2,1H3,(H,17,18). The van der Waals surface area contributed by atoms with Crippen LogP contribution in [0.3, 0.4) is 0 Å². The number of thioether (sulfide) groups is 1. The van der Waals surface area contributed by atoms with E-state index in [9.17, 15) is 0 Å². The van der Waals surface area contributed by atoms with Gasteiger partial charge in [-0.1, -0.05) is 49.0 Å². The van der Waals surface area contributed by atoms with Crippen molar-refractivity contribution in [3.8, 4) is 0 Å². The van der Waals surface area contributed by atoms with E-state index in [1.165, 1.54) is 30.0 Å². The first-order chi connectivity index (χ1) is 9.29. The van der Waals surface area contributed by atoms with E-state index < -0.39 is 0 Å². The highest BCUT2D eigenvalue weighted by Gasteiger charge is 2.25. The number of hydrogen-bond donors (Lipinski definition) is 1. The lowest BCUT2D eigenvalue weighted by Gasteiger charge is -2.12. The molecule has 0 bridgehead atoms. The summed E-state index contributed by atoms with van der Waals surface area (Å²) in [6.45, 7) is 2.35. The predicted octanol–water partition coefficient (Wildman–Crippen LogP) is 3.48. The van der Waals surface area contributed by atoms with Crippen LogP contribution in [0.25, 0.3) is 0 Å². The highest BCUT2D eigenvalue weighted by Crippen LogP contribution is 2.27. The molecule has 1 fully saturated rings. The van der Waals surface area contributed by atoms with Gasteiger partial charge in [0.1, 0.15) is 0 Å². The van der Waals surface area contributed by atoms with Gasteiger partial charge >= 0.3 is 0 Å². The molecule has 1 saturated carbocycles. The number of rotatable bonds is 3. The van der Waals surface area contributed by atoms with E-state index in [0.717, 1.165) is 18.1 Å². The van der Waals surface area contributed by atoms with Gasteiger partial charge in [0.15, 0.2) is 5.17 Å². The minimum Gasteiger partial charge on any atom is -0.362 e. The minimum absolute atomic E-state index is 0.453. The summed E-state index contributed by atoms with van der Waals surface area (Å²) in [6, 6.07) is 11.8. The fourth-order valence-electron chi connectivity index (χ4n) is 3.00.